The van der Waals surface area contributed by atoms with E-state index in [1.165, 1.54) is 35.9 Å². The van der Waals surface area contributed by atoms with Crippen molar-refractivity contribution in [3.8, 4) is 5.75 Å². The Balaban J connectivity index is 0.911. The van der Waals surface area contributed by atoms with Crippen molar-refractivity contribution >= 4 is 28.4 Å². The summed E-state index contributed by atoms with van der Waals surface area (Å²) in [5.41, 5.74) is 11.1. The average molecular weight is 644 g/mol. The van der Waals surface area contributed by atoms with Gasteiger partial charge in [-0.2, -0.15) is 4.39 Å². The minimum Gasteiger partial charge on any atom is -0.508 e. The van der Waals surface area contributed by atoms with Crippen LogP contribution in [0.4, 0.5) is 15.8 Å². The molecular weight excluding hydrogens is 601 g/mol. The molecule has 2 N–H and O–H groups in total. The van der Waals surface area contributed by atoms with Gasteiger partial charge < -0.3 is 20.2 Å². The average Bonchev–Trinajstić information content (AvgIpc) is 3.38. The molecule has 0 saturated carbocycles. The van der Waals surface area contributed by atoms with Crippen molar-refractivity contribution in [2.75, 3.05) is 55.6 Å². The smallest absolute Gasteiger partial charge is 0.251 e. The second-order valence-corrected chi connectivity index (χ2v) is 13.7. The molecule has 4 heterocycles. The van der Waals surface area contributed by atoms with Gasteiger partial charge in [0.1, 0.15) is 5.75 Å². The number of pyridine rings is 1. The van der Waals surface area contributed by atoms with E-state index in [-0.39, 0.29) is 11.7 Å². The summed E-state index contributed by atoms with van der Waals surface area (Å²) in [6.45, 7) is 8.11. The van der Waals surface area contributed by atoms with Gasteiger partial charge in [-0.1, -0.05) is 18.2 Å². The molecule has 4 aromatic rings. The molecule has 0 spiro atoms. The van der Waals surface area contributed by atoms with Crippen molar-refractivity contribution in [2.45, 2.75) is 38.6 Å². The summed E-state index contributed by atoms with van der Waals surface area (Å²) in [6.07, 6.45) is 6.71. The third-order valence-electron chi connectivity index (χ3n) is 10.8. The predicted molar refractivity (Wildman–Crippen MR) is 189 cm³/mol. The quantitative estimate of drug-likeness (QED) is 0.234. The fourth-order valence-corrected chi connectivity index (χ4v) is 8.13. The zero-order valence-electron chi connectivity index (χ0n) is 27.3. The molecule has 1 aliphatic carbocycles. The molecule has 7 nitrogen and oxygen atoms in total. The molecule has 8 rings (SSSR count). The number of nitrogens with one attached hydrogen (secondary N) is 1. The number of aryl methyl sites for hydroxylation is 1. The van der Waals surface area contributed by atoms with Crippen molar-refractivity contribution in [1.82, 2.24) is 15.2 Å². The van der Waals surface area contributed by atoms with E-state index >= 15 is 0 Å². The topological polar surface area (TPSA) is 71.9 Å². The number of aromatic hydroxyl groups is 1. The summed E-state index contributed by atoms with van der Waals surface area (Å²) >= 11 is 0. The second kappa shape index (κ2) is 13.1. The van der Waals surface area contributed by atoms with Gasteiger partial charge in [0, 0.05) is 75.5 Å². The number of fused-ring (bicyclic) bond motifs is 2. The van der Waals surface area contributed by atoms with Gasteiger partial charge in [-0.05, 0) is 132 Å². The number of amides is 1. The number of phenols is 1. The molecule has 1 aromatic heterocycles. The molecule has 3 aromatic carbocycles. The number of hydrogen-bond acceptors (Lipinski definition) is 6. The molecule has 0 radical (unpaired) electrons. The molecule has 2 fully saturated rings. The van der Waals surface area contributed by atoms with Gasteiger partial charge in [-0.25, -0.2) is 4.98 Å². The molecule has 48 heavy (non-hydrogen) atoms. The summed E-state index contributed by atoms with van der Waals surface area (Å²) in [5.74, 6) is 0.564. The maximum absolute atomic E-state index is 13.7. The fraction of sp³-hybridized carbons (Fsp3) is 0.350. The van der Waals surface area contributed by atoms with Gasteiger partial charge in [0.25, 0.3) is 5.91 Å². The van der Waals surface area contributed by atoms with Crippen molar-refractivity contribution in [3.63, 3.8) is 0 Å². The molecule has 0 bridgehead atoms. The molecular formula is C40H42FN5O2. The number of nitrogens with zero attached hydrogens (tertiary/aromatic N) is 4. The second-order valence-electron chi connectivity index (χ2n) is 13.7. The molecule has 0 atom stereocenters. The first-order valence-corrected chi connectivity index (χ1v) is 17.4. The first-order valence-electron chi connectivity index (χ1n) is 17.4. The molecule has 246 valence electrons. The molecule has 0 unspecified atom stereocenters. The van der Waals surface area contributed by atoms with Crippen molar-refractivity contribution in [1.29, 1.82) is 0 Å². The van der Waals surface area contributed by atoms with Crippen molar-refractivity contribution < 1.29 is 14.3 Å². The van der Waals surface area contributed by atoms with Gasteiger partial charge in [0.2, 0.25) is 5.95 Å². The number of piperidine rings is 1. The molecule has 1 amide bonds. The lowest BCUT2D eigenvalue weighted by atomic mass is 9.88. The van der Waals surface area contributed by atoms with Crippen LogP contribution in [0.1, 0.15) is 63.9 Å². The van der Waals surface area contributed by atoms with E-state index in [4.69, 9.17) is 0 Å². The number of anilines is 2. The molecule has 4 aliphatic rings. The maximum atomic E-state index is 13.7. The standard InChI is InChI=1S/C40H42FN5O2/c41-38-13-6-30(24-42-38)35-3-1-2-29-23-34(47)10-12-36(29)39(35)28-4-7-32(8-5-28)45-16-14-27(15-17-45)26-44-18-20-46(21-19-44)33-9-11-37-31(22-33)25-43-40(37)48/h4-13,22-24,27,47H,1-3,14-21,25-26H2,(H,43,48). The summed E-state index contributed by atoms with van der Waals surface area (Å²) in [7, 11) is 0. The number of carbonyl (C=O) groups excluding carboxylic acids is 1. The Kier molecular flexibility index (Phi) is 8.34. The van der Waals surface area contributed by atoms with Crippen LogP contribution in [0, 0.1) is 11.9 Å². The zero-order valence-corrected chi connectivity index (χ0v) is 27.3. The SMILES string of the molecule is O=C1NCc2cc(N3CCN(CC4CCN(c5ccc(C6=C(c7ccc(F)nc7)CCCc7cc(O)ccc76)cc5)CC4)CC3)ccc21. The van der Waals surface area contributed by atoms with Crippen LogP contribution in [0.2, 0.25) is 0 Å². The van der Waals surface area contributed by atoms with Crippen LogP contribution in [0.15, 0.2) is 79.0 Å². The van der Waals surface area contributed by atoms with Crippen LogP contribution < -0.4 is 15.1 Å². The normalized spacial score (nSPS) is 18.8. The summed E-state index contributed by atoms with van der Waals surface area (Å²) < 4.78 is 13.7. The highest BCUT2D eigenvalue weighted by atomic mass is 19.1. The Morgan fingerprint density at radius 3 is 2.27 bits per heavy atom. The summed E-state index contributed by atoms with van der Waals surface area (Å²) in [5, 5.41) is 13.2. The monoisotopic (exact) mass is 643 g/mol. The van der Waals surface area contributed by atoms with E-state index in [2.05, 4.69) is 61.4 Å². The van der Waals surface area contributed by atoms with Crippen LogP contribution in [0.25, 0.3) is 11.1 Å². The minimum atomic E-state index is -0.473. The van der Waals surface area contributed by atoms with E-state index in [1.54, 1.807) is 12.3 Å². The first kappa shape index (κ1) is 30.6. The van der Waals surface area contributed by atoms with Gasteiger partial charge in [0.15, 0.2) is 0 Å². The van der Waals surface area contributed by atoms with E-state index in [1.807, 2.05) is 24.3 Å². The largest absolute Gasteiger partial charge is 0.508 e. The Morgan fingerprint density at radius 2 is 1.50 bits per heavy atom. The highest BCUT2D eigenvalue weighted by Gasteiger charge is 2.26. The van der Waals surface area contributed by atoms with Crippen LogP contribution in [0.5, 0.6) is 5.75 Å². The lowest BCUT2D eigenvalue weighted by molar-refractivity contribution is 0.0965. The number of allylic oxidation sites excluding steroid dienone is 1. The number of rotatable bonds is 6. The van der Waals surface area contributed by atoms with Crippen LogP contribution in [0.3, 0.4) is 0 Å². The fourth-order valence-electron chi connectivity index (χ4n) is 8.13. The lowest BCUT2D eigenvalue weighted by Gasteiger charge is -2.40. The molecule has 2 saturated heterocycles. The van der Waals surface area contributed by atoms with E-state index in [9.17, 15) is 14.3 Å². The Labute approximate surface area is 281 Å². The van der Waals surface area contributed by atoms with Crippen molar-refractivity contribution in [3.05, 3.63) is 118 Å². The lowest BCUT2D eigenvalue weighted by Crippen LogP contribution is -2.49. The van der Waals surface area contributed by atoms with Gasteiger partial charge in [-0.3, -0.25) is 9.69 Å². The van der Waals surface area contributed by atoms with E-state index < -0.39 is 5.95 Å². The third-order valence-corrected chi connectivity index (χ3v) is 10.8. The van der Waals surface area contributed by atoms with Crippen LogP contribution in [-0.2, 0) is 13.0 Å². The minimum absolute atomic E-state index is 0.0423. The van der Waals surface area contributed by atoms with Gasteiger partial charge in [0.05, 0.1) is 0 Å². The van der Waals surface area contributed by atoms with E-state index in [0.29, 0.717) is 12.5 Å². The first-order chi connectivity index (χ1) is 23.5. The third kappa shape index (κ3) is 6.17. The van der Waals surface area contributed by atoms with Gasteiger partial charge in [-0.15, -0.1) is 0 Å². The Hall–Kier alpha value is -4.69. The highest BCUT2D eigenvalue weighted by molar-refractivity contribution is 6.00. The highest BCUT2D eigenvalue weighted by Crippen LogP contribution is 2.41. The number of piperazine rings is 1. The number of carbonyl (C=O) groups is 1. The number of aromatic nitrogens is 1. The molecule has 8 heteroatoms. The van der Waals surface area contributed by atoms with Crippen LogP contribution in [-0.4, -0.2) is 66.7 Å². The number of halogens is 1. The van der Waals surface area contributed by atoms with Gasteiger partial charge >= 0.3 is 0 Å². The van der Waals surface area contributed by atoms with Crippen LogP contribution >= 0.6 is 0 Å². The Morgan fingerprint density at radius 1 is 0.771 bits per heavy atom. The molecule has 3 aliphatic heterocycles. The number of hydrogen-bond donors (Lipinski definition) is 2. The van der Waals surface area contributed by atoms with Crippen molar-refractivity contribution in [2.24, 2.45) is 5.92 Å². The summed E-state index contributed by atoms with van der Waals surface area (Å²) in [6, 6.07) is 24.1. The zero-order chi connectivity index (χ0) is 32.6. The number of phenolic OH excluding ortho intramolecular Hbond substituents is 1. The predicted octanol–water partition coefficient (Wildman–Crippen LogP) is 6.50. The number of benzene rings is 3. The Bertz CT molecular complexity index is 1840. The summed E-state index contributed by atoms with van der Waals surface area (Å²) in [4.78, 5) is 23.5. The van der Waals surface area contributed by atoms with E-state index in [0.717, 1.165) is 104 Å². The maximum Gasteiger partial charge on any atom is 0.251 e.